The Bertz CT molecular complexity index is 638. The molecule has 0 N–H and O–H groups in total. The molecule has 2 aromatic rings. The predicted octanol–water partition coefficient (Wildman–Crippen LogP) is 5.74. The highest BCUT2D eigenvalue weighted by molar-refractivity contribution is 6.68. The zero-order chi connectivity index (χ0) is 17.7. The Morgan fingerprint density at radius 1 is 0.792 bits per heavy atom. The Kier molecular flexibility index (Phi) is 6.90. The fraction of sp³-hybridized carbons (Fsp3) is 0.294. The van der Waals surface area contributed by atoms with Crippen LogP contribution in [0, 0.1) is 0 Å². The number of halogens is 4. The fourth-order valence-electron chi connectivity index (χ4n) is 2.26. The summed E-state index contributed by atoms with van der Waals surface area (Å²) in [6.45, 7) is 0. The molecular formula is C17H16Cl4O3. The molecule has 0 aliphatic heterocycles. The first-order valence-electron chi connectivity index (χ1n) is 6.99. The molecular weight excluding hydrogens is 394 g/mol. The van der Waals surface area contributed by atoms with Crippen LogP contribution in [0.2, 0.25) is 0 Å². The van der Waals surface area contributed by atoms with Gasteiger partial charge in [0, 0.05) is 7.11 Å². The number of ether oxygens (including phenoxy) is 3. The summed E-state index contributed by atoms with van der Waals surface area (Å²) in [5, 5.41) is 0. The van der Waals surface area contributed by atoms with Crippen molar-refractivity contribution in [2.45, 2.75) is 15.5 Å². The molecule has 0 aromatic heterocycles. The van der Waals surface area contributed by atoms with Gasteiger partial charge in [-0.15, -0.1) is 0 Å². The Labute approximate surface area is 161 Å². The first kappa shape index (κ1) is 19.5. The van der Waals surface area contributed by atoms with Crippen molar-refractivity contribution in [1.82, 2.24) is 0 Å². The summed E-state index contributed by atoms with van der Waals surface area (Å²) in [6.07, 6.45) is 0. The van der Waals surface area contributed by atoms with Crippen LogP contribution in [0.15, 0.2) is 48.5 Å². The normalized spacial score (nSPS) is 14.1. The van der Waals surface area contributed by atoms with Gasteiger partial charge in [-0.1, -0.05) is 59.1 Å². The molecule has 0 amide bonds. The van der Waals surface area contributed by atoms with Gasteiger partial charge in [0.2, 0.25) is 3.79 Å². The minimum Gasteiger partial charge on any atom is -0.497 e. The van der Waals surface area contributed by atoms with Gasteiger partial charge in [0.1, 0.15) is 11.5 Å². The largest absolute Gasteiger partial charge is 0.497 e. The quantitative estimate of drug-likeness (QED) is 0.449. The van der Waals surface area contributed by atoms with E-state index in [-0.39, 0.29) is 0 Å². The number of benzene rings is 2. The maximum absolute atomic E-state index is 6.22. The van der Waals surface area contributed by atoms with E-state index in [0.29, 0.717) is 5.75 Å². The van der Waals surface area contributed by atoms with Gasteiger partial charge in [-0.25, -0.2) is 0 Å². The minimum atomic E-state index is -1.52. The lowest BCUT2D eigenvalue weighted by Gasteiger charge is -2.26. The van der Waals surface area contributed by atoms with E-state index in [2.05, 4.69) is 0 Å². The molecule has 0 saturated heterocycles. The van der Waals surface area contributed by atoms with Gasteiger partial charge in [-0.3, -0.25) is 0 Å². The van der Waals surface area contributed by atoms with Crippen LogP contribution in [0.5, 0.6) is 11.5 Å². The van der Waals surface area contributed by atoms with Crippen LogP contribution < -0.4 is 9.47 Å². The maximum atomic E-state index is 6.22. The molecule has 0 spiro atoms. The van der Waals surface area contributed by atoms with Crippen LogP contribution in [0.3, 0.4) is 0 Å². The van der Waals surface area contributed by atoms with E-state index in [9.17, 15) is 0 Å². The summed E-state index contributed by atoms with van der Waals surface area (Å²) < 4.78 is 13.8. The van der Waals surface area contributed by atoms with Gasteiger partial charge >= 0.3 is 0 Å². The third-order valence-corrected chi connectivity index (χ3v) is 4.33. The monoisotopic (exact) mass is 408 g/mol. The van der Waals surface area contributed by atoms with Crippen molar-refractivity contribution in [3.05, 3.63) is 59.7 Å². The maximum Gasteiger partial charge on any atom is 0.279 e. The first-order chi connectivity index (χ1) is 11.3. The van der Waals surface area contributed by atoms with E-state index >= 15 is 0 Å². The molecule has 3 nitrogen and oxygen atoms in total. The van der Waals surface area contributed by atoms with Crippen molar-refractivity contribution in [1.29, 1.82) is 0 Å². The Hall–Kier alpha value is -0.840. The highest BCUT2D eigenvalue weighted by Gasteiger charge is 2.35. The zero-order valence-corrected chi connectivity index (χ0v) is 16.0. The van der Waals surface area contributed by atoms with Crippen LogP contribution in [-0.4, -0.2) is 23.8 Å². The van der Waals surface area contributed by atoms with E-state index in [1.165, 1.54) is 7.11 Å². The minimum absolute atomic E-state index is 0.448. The van der Waals surface area contributed by atoms with E-state index in [1.807, 2.05) is 36.4 Å². The number of methoxy groups -OCH3 is 2. The lowest BCUT2D eigenvalue weighted by molar-refractivity contribution is 0.0119. The lowest BCUT2D eigenvalue weighted by atomic mass is 9.92. The molecule has 0 aliphatic rings. The van der Waals surface area contributed by atoms with Crippen LogP contribution in [0.25, 0.3) is 0 Å². The molecule has 0 bridgehead atoms. The van der Waals surface area contributed by atoms with Crippen LogP contribution >= 0.6 is 46.4 Å². The highest BCUT2D eigenvalue weighted by atomic mass is 35.6. The van der Waals surface area contributed by atoms with Gasteiger partial charge in [0.05, 0.1) is 13.0 Å². The second-order valence-electron chi connectivity index (χ2n) is 4.94. The Balaban J connectivity index is 2.31. The molecule has 2 unspecified atom stereocenters. The Morgan fingerprint density at radius 2 is 1.25 bits per heavy atom. The predicted molar refractivity (Wildman–Crippen MR) is 98.8 cm³/mol. The molecule has 2 aromatic carbocycles. The average molecular weight is 410 g/mol. The number of hydrogen-bond acceptors (Lipinski definition) is 3. The zero-order valence-electron chi connectivity index (χ0n) is 13.0. The van der Waals surface area contributed by atoms with Gasteiger partial charge in [-0.2, -0.15) is 0 Å². The molecule has 2 rings (SSSR count). The van der Waals surface area contributed by atoms with Gasteiger partial charge < -0.3 is 14.2 Å². The molecule has 0 aliphatic carbocycles. The van der Waals surface area contributed by atoms with Crippen molar-refractivity contribution in [2.75, 3.05) is 14.2 Å². The molecule has 0 heterocycles. The first-order valence-corrected chi connectivity index (χ1v) is 8.56. The molecule has 0 saturated carbocycles. The Morgan fingerprint density at radius 3 is 1.62 bits per heavy atom. The molecule has 24 heavy (non-hydrogen) atoms. The molecule has 2 atom stereocenters. The third kappa shape index (κ3) is 5.08. The number of hydrogen-bond donors (Lipinski definition) is 0. The summed E-state index contributed by atoms with van der Waals surface area (Å²) in [6, 6.07) is 14.5. The van der Waals surface area contributed by atoms with Crippen molar-refractivity contribution in [3.8, 4) is 11.5 Å². The number of alkyl halides is 4. The van der Waals surface area contributed by atoms with Gasteiger partial charge in [-0.05, 0) is 47.0 Å². The SMILES string of the molecule is COc1ccc(C(c2ccc(OC(Cl)OC)cc2)C(Cl)(Cl)Cl)cc1. The fourth-order valence-corrected chi connectivity index (χ4v) is 3.12. The molecule has 0 radical (unpaired) electrons. The second kappa shape index (κ2) is 8.50. The van der Waals surface area contributed by atoms with Gasteiger partial charge in [0.15, 0.2) is 0 Å². The second-order valence-corrected chi connectivity index (χ2v) is 7.67. The lowest BCUT2D eigenvalue weighted by Crippen LogP contribution is -2.18. The van der Waals surface area contributed by atoms with Crippen LogP contribution in [-0.2, 0) is 4.74 Å². The topological polar surface area (TPSA) is 27.7 Å². The van der Waals surface area contributed by atoms with Crippen molar-refractivity contribution in [3.63, 3.8) is 0 Å². The van der Waals surface area contributed by atoms with Crippen molar-refractivity contribution < 1.29 is 14.2 Å². The molecule has 130 valence electrons. The molecule has 0 fully saturated rings. The summed E-state index contributed by atoms with van der Waals surface area (Å²) in [5.74, 6) is -0.0187. The number of rotatable bonds is 6. The van der Waals surface area contributed by atoms with E-state index < -0.39 is 15.5 Å². The van der Waals surface area contributed by atoms with Crippen LogP contribution in [0.1, 0.15) is 17.0 Å². The van der Waals surface area contributed by atoms with E-state index in [4.69, 9.17) is 60.6 Å². The molecule has 7 heteroatoms. The summed E-state index contributed by atoms with van der Waals surface area (Å²) >= 11 is 24.4. The van der Waals surface area contributed by atoms with Crippen molar-refractivity contribution in [2.24, 2.45) is 0 Å². The van der Waals surface area contributed by atoms with Crippen LogP contribution in [0.4, 0.5) is 0 Å². The average Bonchev–Trinajstić information content (AvgIpc) is 2.56. The highest BCUT2D eigenvalue weighted by Crippen LogP contribution is 2.46. The summed E-state index contributed by atoms with van der Waals surface area (Å²) in [5.41, 5.74) is 1.69. The standard InChI is InChI=1S/C17H16Cl4O3/c1-22-13-7-3-11(4-8-13)15(17(19,20)21)12-5-9-14(10-6-12)24-16(18)23-2/h3-10,15-16H,1-2H3. The summed E-state index contributed by atoms with van der Waals surface area (Å²) in [7, 11) is 3.05. The summed E-state index contributed by atoms with van der Waals surface area (Å²) in [4.78, 5) is 0. The van der Waals surface area contributed by atoms with E-state index in [0.717, 1.165) is 16.9 Å². The smallest absolute Gasteiger partial charge is 0.279 e. The third-order valence-electron chi connectivity index (χ3n) is 3.40. The van der Waals surface area contributed by atoms with Crippen molar-refractivity contribution >= 4 is 46.4 Å². The van der Waals surface area contributed by atoms with Gasteiger partial charge in [0.25, 0.3) is 5.75 Å². The van der Waals surface area contributed by atoms with E-state index in [1.54, 1.807) is 19.2 Å².